The van der Waals surface area contributed by atoms with Crippen molar-refractivity contribution in [3.63, 3.8) is 0 Å². The third-order valence-corrected chi connectivity index (χ3v) is 5.58. The molecule has 0 saturated carbocycles. The Hall–Kier alpha value is -1.39. The van der Waals surface area contributed by atoms with Crippen LogP contribution in [0, 0.1) is 11.8 Å². The van der Waals surface area contributed by atoms with Crippen LogP contribution < -0.4 is 5.32 Å². The topological polar surface area (TPSA) is 41.6 Å². The van der Waals surface area contributed by atoms with Gasteiger partial charge >= 0.3 is 0 Å². The monoisotopic (exact) mass is 358 g/mol. The summed E-state index contributed by atoms with van der Waals surface area (Å²) in [4.78, 5) is 14.6. The number of hydrogen-bond donors (Lipinski definition) is 1. The molecule has 2 aliphatic heterocycles. The molecule has 2 aliphatic rings. The predicted molar refractivity (Wildman–Crippen MR) is 105 cm³/mol. The van der Waals surface area contributed by atoms with Crippen LogP contribution in [-0.4, -0.2) is 36.6 Å². The molecule has 1 aromatic rings. The van der Waals surface area contributed by atoms with Gasteiger partial charge < -0.3 is 10.1 Å². The highest BCUT2D eigenvalue weighted by molar-refractivity contribution is 5.75. The van der Waals surface area contributed by atoms with Crippen molar-refractivity contribution in [2.75, 3.05) is 19.7 Å². The lowest BCUT2D eigenvalue weighted by Gasteiger charge is -2.35. The smallest absolute Gasteiger partial charge is 0.220 e. The molecule has 2 saturated heterocycles. The van der Waals surface area contributed by atoms with Crippen LogP contribution in [0.4, 0.5) is 0 Å². The minimum atomic E-state index is 0.126. The highest BCUT2D eigenvalue weighted by Crippen LogP contribution is 2.22. The Morgan fingerprint density at radius 1 is 1.15 bits per heavy atom. The van der Waals surface area contributed by atoms with E-state index in [4.69, 9.17) is 4.74 Å². The van der Waals surface area contributed by atoms with E-state index in [0.29, 0.717) is 19.1 Å². The van der Waals surface area contributed by atoms with Crippen LogP contribution in [0.5, 0.6) is 0 Å². The summed E-state index contributed by atoms with van der Waals surface area (Å²) in [5.41, 5.74) is 2.53. The number of nitrogens with zero attached hydrogens (tertiary/aromatic N) is 1. The van der Waals surface area contributed by atoms with Gasteiger partial charge in [-0.3, -0.25) is 9.69 Å². The van der Waals surface area contributed by atoms with Gasteiger partial charge in [0, 0.05) is 39.2 Å². The second kappa shape index (κ2) is 9.52. The van der Waals surface area contributed by atoms with Gasteiger partial charge in [0.05, 0.1) is 6.10 Å². The number of amides is 1. The van der Waals surface area contributed by atoms with Gasteiger partial charge in [-0.25, -0.2) is 0 Å². The molecule has 144 valence electrons. The minimum absolute atomic E-state index is 0.126. The first-order chi connectivity index (χ1) is 12.6. The van der Waals surface area contributed by atoms with E-state index in [9.17, 15) is 4.79 Å². The molecule has 0 aromatic heterocycles. The molecular formula is C22H34N2O2. The molecule has 0 radical (unpaired) electrons. The summed E-state index contributed by atoms with van der Waals surface area (Å²) in [7, 11) is 0. The lowest BCUT2D eigenvalue weighted by atomic mass is 9.91. The molecular weight excluding hydrogens is 324 g/mol. The van der Waals surface area contributed by atoms with E-state index in [-0.39, 0.29) is 5.91 Å². The zero-order chi connectivity index (χ0) is 18.4. The number of likely N-dealkylation sites (tertiary alicyclic amines) is 1. The number of ether oxygens (including phenoxy) is 1. The van der Waals surface area contributed by atoms with Gasteiger partial charge in [0.25, 0.3) is 0 Å². The maximum absolute atomic E-state index is 12.0. The molecule has 0 bridgehead atoms. The second-order valence-electron chi connectivity index (χ2n) is 8.41. The molecule has 4 nitrogen and oxygen atoms in total. The molecule has 0 unspecified atom stereocenters. The summed E-state index contributed by atoms with van der Waals surface area (Å²) in [5.74, 6) is 1.71. The number of benzene rings is 1. The number of rotatable bonds is 7. The molecule has 2 fully saturated rings. The largest absolute Gasteiger partial charge is 0.378 e. The van der Waals surface area contributed by atoms with Gasteiger partial charge in [-0.05, 0) is 48.6 Å². The van der Waals surface area contributed by atoms with E-state index in [2.05, 4.69) is 48.3 Å². The number of carbonyl (C=O) groups is 1. The first-order valence-corrected chi connectivity index (χ1v) is 10.3. The van der Waals surface area contributed by atoms with E-state index < -0.39 is 0 Å². The van der Waals surface area contributed by atoms with Crippen LogP contribution in [0.2, 0.25) is 0 Å². The Balaban J connectivity index is 1.39. The maximum Gasteiger partial charge on any atom is 0.220 e. The zero-order valence-corrected chi connectivity index (χ0v) is 16.4. The van der Waals surface area contributed by atoms with Crippen LogP contribution >= 0.6 is 0 Å². The molecule has 0 aliphatic carbocycles. The van der Waals surface area contributed by atoms with Gasteiger partial charge in [0.2, 0.25) is 5.91 Å². The SMILES string of the molecule is C[C@@H]1C[C@@H](C)CN(Cc2ccc(CNC(=O)CC[C@H]3CCCO3)cc2)C1. The van der Waals surface area contributed by atoms with E-state index in [1.54, 1.807) is 0 Å². The highest BCUT2D eigenvalue weighted by atomic mass is 16.5. The Labute approximate surface area is 158 Å². The van der Waals surface area contributed by atoms with Crippen molar-refractivity contribution < 1.29 is 9.53 Å². The highest BCUT2D eigenvalue weighted by Gasteiger charge is 2.21. The van der Waals surface area contributed by atoms with E-state index in [1.165, 1.54) is 30.6 Å². The Morgan fingerprint density at radius 3 is 2.50 bits per heavy atom. The van der Waals surface area contributed by atoms with Gasteiger partial charge in [-0.15, -0.1) is 0 Å². The predicted octanol–water partition coefficient (Wildman–Crippen LogP) is 3.74. The van der Waals surface area contributed by atoms with Gasteiger partial charge in [0.15, 0.2) is 0 Å². The molecule has 26 heavy (non-hydrogen) atoms. The molecule has 2 heterocycles. The summed E-state index contributed by atoms with van der Waals surface area (Å²) in [5, 5.41) is 3.03. The van der Waals surface area contributed by atoms with Crippen LogP contribution in [0.3, 0.4) is 0 Å². The Bertz CT molecular complexity index is 556. The van der Waals surface area contributed by atoms with Crippen LogP contribution in [0.1, 0.15) is 57.1 Å². The normalized spacial score (nSPS) is 26.8. The summed E-state index contributed by atoms with van der Waals surface area (Å²) in [6, 6.07) is 8.70. The van der Waals surface area contributed by atoms with Crippen LogP contribution in [-0.2, 0) is 22.6 Å². The van der Waals surface area contributed by atoms with E-state index in [1.807, 2.05) is 0 Å². The molecule has 0 spiro atoms. The zero-order valence-electron chi connectivity index (χ0n) is 16.4. The number of piperidine rings is 1. The van der Waals surface area contributed by atoms with Crippen LogP contribution in [0.15, 0.2) is 24.3 Å². The molecule has 3 rings (SSSR count). The lowest BCUT2D eigenvalue weighted by Crippen LogP contribution is -2.38. The number of carbonyl (C=O) groups excluding carboxylic acids is 1. The van der Waals surface area contributed by atoms with Crippen molar-refractivity contribution in [3.05, 3.63) is 35.4 Å². The third-order valence-electron chi connectivity index (χ3n) is 5.58. The van der Waals surface area contributed by atoms with Crippen molar-refractivity contribution in [1.82, 2.24) is 10.2 Å². The first-order valence-electron chi connectivity index (χ1n) is 10.3. The van der Waals surface area contributed by atoms with Crippen molar-refractivity contribution >= 4 is 5.91 Å². The van der Waals surface area contributed by atoms with Gasteiger partial charge in [-0.2, -0.15) is 0 Å². The lowest BCUT2D eigenvalue weighted by molar-refractivity contribution is -0.121. The third kappa shape index (κ3) is 6.10. The first kappa shape index (κ1) is 19.4. The summed E-state index contributed by atoms with van der Waals surface area (Å²) in [6.07, 6.45) is 5.28. The molecule has 4 heteroatoms. The Kier molecular flexibility index (Phi) is 7.09. The van der Waals surface area contributed by atoms with Crippen molar-refractivity contribution in [2.45, 2.75) is 65.1 Å². The fourth-order valence-electron chi connectivity index (χ4n) is 4.39. The molecule has 1 aromatic carbocycles. The van der Waals surface area contributed by atoms with E-state index in [0.717, 1.165) is 44.2 Å². The number of nitrogens with one attached hydrogen (secondary N) is 1. The second-order valence-corrected chi connectivity index (χ2v) is 8.41. The molecule has 1 amide bonds. The maximum atomic E-state index is 12.0. The average molecular weight is 359 g/mol. The quantitative estimate of drug-likeness (QED) is 0.807. The van der Waals surface area contributed by atoms with Gasteiger partial charge in [-0.1, -0.05) is 38.1 Å². The molecule has 3 atom stereocenters. The van der Waals surface area contributed by atoms with E-state index >= 15 is 0 Å². The van der Waals surface area contributed by atoms with Crippen molar-refractivity contribution in [1.29, 1.82) is 0 Å². The average Bonchev–Trinajstić information content (AvgIpc) is 3.12. The van der Waals surface area contributed by atoms with Crippen molar-refractivity contribution in [3.8, 4) is 0 Å². The summed E-state index contributed by atoms with van der Waals surface area (Å²) in [6.45, 7) is 9.61. The van der Waals surface area contributed by atoms with Crippen molar-refractivity contribution in [2.24, 2.45) is 11.8 Å². The van der Waals surface area contributed by atoms with Gasteiger partial charge in [0.1, 0.15) is 0 Å². The van der Waals surface area contributed by atoms with Crippen LogP contribution in [0.25, 0.3) is 0 Å². The minimum Gasteiger partial charge on any atom is -0.378 e. The number of hydrogen-bond acceptors (Lipinski definition) is 3. The standard InChI is InChI=1S/C22H34N2O2/c1-17-12-18(2)15-24(14-17)16-20-7-5-19(6-8-20)13-23-22(25)10-9-21-4-3-11-26-21/h5-8,17-18,21H,3-4,9-16H2,1-2H3,(H,23,25)/t17-,18-,21-/m1/s1. The fraction of sp³-hybridized carbons (Fsp3) is 0.682. The summed E-state index contributed by atoms with van der Waals surface area (Å²) < 4.78 is 5.57. The molecule has 1 N–H and O–H groups in total. The fourth-order valence-corrected chi connectivity index (χ4v) is 4.39. The Morgan fingerprint density at radius 2 is 1.85 bits per heavy atom. The summed E-state index contributed by atoms with van der Waals surface area (Å²) >= 11 is 0.